The van der Waals surface area contributed by atoms with Crippen molar-refractivity contribution in [3.05, 3.63) is 52.9 Å². The van der Waals surface area contributed by atoms with Crippen LogP contribution in [0.15, 0.2) is 47.8 Å². The quantitative estimate of drug-likeness (QED) is 0.756. The third-order valence-corrected chi connectivity index (χ3v) is 4.23. The summed E-state index contributed by atoms with van der Waals surface area (Å²) in [5.41, 5.74) is 1.14. The van der Waals surface area contributed by atoms with E-state index in [1.165, 1.54) is 22.1 Å². The lowest BCUT2D eigenvalue weighted by Gasteiger charge is -2.12. The Kier molecular flexibility index (Phi) is 2.88. The van der Waals surface area contributed by atoms with Gasteiger partial charge in [-0.15, -0.1) is 11.3 Å². The molecule has 0 saturated heterocycles. The summed E-state index contributed by atoms with van der Waals surface area (Å²) in [6.45, 7) is 3.52. The zero-order valence-corrected chi connectivity index (χ0v) is 11.7. The lowest BCUT2D eigenvalue weighted by atomic mass is 10.1. The van der Waals surface area contributed by atoms with Crippen molar-refractivity contribution < 1.29 is 5.11 Å². The molecule has 19 heavy (non-hydrogen) atoms. The molecule has 2 aromatic carbocycles. The van der Waals surface area contributed by atoms with E-state index < -0.39 is 5.60 Å². The molecular formula is C16H15NOS. The highest BCUT2D eigenvalue weighted by Crippen LogP contribution is 2.30. The Morgan fingerprint density at radius 2 is 1.79 bits per heavy atom. The lowest BCUT2D eigenvalue weighted by Crippen LogP contribution is -2.14. The van der Waals surface area contributed by atoms with Gasteiger partial charge in [-0.05, 0) is 30.7 Å². The minimum Gasteiger partial charge on any atom is -0.383 e. The van der Waals surface area contributed by atoms with Gasteiger partial charge in [0, 0.05) is 10.9 Å². The van der Waals surface area contributed by atoms with Crippen LogP contribution >= 0.6 is 11.3 Å². The zero-order valence-electron chi connectivity index (χ0n) is 10.9. The maximum Gasteiger partial charge on any atom is 0.124 e. The van der Waals surface area contributed by atoms with Gasteiger partial charge in [0.05, 0.1) is 5.69 Å². The van der Waals surface area contributed by atoms with Gasteiger partial charge in [0.1, 0.15) is 10.6 Å². The van der Waals surface area contributed by atoms with E-state index in [2.05, 4.69) is 35.3 Å². The molecule has 0 aliphatic heterocycles. The molecule has 0 saturated carbocycles. The summed E-state index contributed by atoms with van der Waals surface area (Å²) < 4.78 is 0. The van der Waals surface area contributed by atoms with E-state index in [4.69, 9.17) is 0 Å². The number of aliphatic hydroxyl groups is 1. The van der Waals surface area contributed by atoms with Gasteiger partial charge in [0.15, 0.2) is 0 Å². The number of fused-ring (bicyclic) bond motifs is 1. The Morgan fingerprint density at radius 1 is 1.05 bits per heavy atom. The van der Waals surface area contributed by atoms with Gasteiger partial charge in [-0.1, -0.05) is 36.4 Å². The van der Waals surface area contributed by atoms with Crippen LogP contribution in [0.25, 0.3) is 22.0 Å². The van der Waals surface area contributed by atoms with Crippen LogP contribution < -0.4 is 0 Å². The summed E-state index contributed by atoms with van der Waals surface area (Å²) in [6, 6.07) is 14.6. The van der Waals surface area contributed by atoms with Gasteiger partial charge in [0.2, 0.25) is 0 Å². The first kappa shape index (κ1) is 12.3. The molecule has 1 aromatic heterocycles. The molecular weight excluding hydrogens is 254 g/mol. The predicted octanol–water partition coefficient (Wildman–Crippen LogP) is 4.19. The number of benzene rings is 2. The highest BCUT2D eigenvalue weighted by molar-refractivity contribution is 7.10. The van der Waals surface area contributed by atoms with Crippen molar-refractivity contribution in [3.63, 3.8) is 0 Å². The topological polar surface area (TPSA) is 33.1 Å². The molecule has 3 heteroatoms. The van der Waals surface area contributed by atoms with Gasteiger partial charge in [-0.2, -0.15) is 0 Å². The molecule has 0 aliphatic rings. The molecule has 0 unspecified atom stereocenters. The minimum atomic E-state index is -0.875. The van der Waals surface area contributed by atoms with Crippen LogP contribution in [0.2, 0.25) is 0 Å². The minimum absolute atomic E-state index is 0.746. The standard InChI is InChI=1S/C16H15NOS/c1-16(2,18)15-17-14(10-19-15)13-8-7-11-5-3-4-6-12(11)9-13/h3-10,18H,1-2H3. The van der Waals surface area contributed by atoms with Crippen LogP contribution in [0, 0.1) is 0 Å². The van der Waals surface area contributed by atoms with E-state index in [0.29, 0.717) is 0 Å². The molecule has 0 bridgehead atoms. The number of thiazole rings is 1. The molecule has 1 heterocycles. The third kappa shape index (κ3) is 2.39. The molecule has 0 atom stereocenters. The number of hydrogen-bond donors (Lipinski definition) is 1. The van der Waals surface area contributed by atoms with Crippen molar-refractivity contribution in [2.24, 2.45) is 0 Å². The van der Waals surface area contributed by atoms with Crippen LogP contribution in [-0.2, 0) is 5.60 Å². The van der Waals surface area contributed by atoms with E-state index in [-0.39, 0.29) is 0 Å². The number of aromatic nitrogens is 1. The SMILES string of the molecule is CC(C)(O)c1nc(-c2ccc3ccccc3c2)cs1. The second-order valence-electron chi connectivity index (χ2n) is 5.16. The van der Waals surface area contributed by atoms with Crippen molar-refractivity contribution in [2.45, 2.75) is 19.4 Å². The highest BCUT2D eigenvalue weighted by atomic mass is 32.1. The Hall–Kier alpha value is -1.71. The van der Waals surface area contributed by atoms with E-state index in [0.717, 1.165) is 16.3 Å². The second kappa shape index (κ2) is 4.44. The summed E-state index contributed by atoms with van der Waals surface area (Å²) in [4.78, 5) is 4.53. The van der Waals surface area contributed by atoms with Gasteiger partial charge < -0.3 is 5.11 Å². The number of nitrogens with zero attached hydrogens (tertiary/aromatic N) is 1. The molecule has 3 aromatic rings. The molecule has 0 fully saturated rings. The first-order valence-corrected chi connectivity index (χ1v) is 7.09. The summed E-state index contributed by atoms with van der Waals surface area (Å²) >= 11 is 1.50. The van der Waals surface area contributed by atoms with E-state index in [9.17, 15) is 5.11 Å². The number of hydrogen-bond acceptors (Lipinski definition) is 3. The van der Waals surface area contributed by atoms with Crippen molar-refractivity contribution >= 4 is 22.1 Å². The number of rotatable bonds is 2. The maximum absolute atomic E-state index is 9.97. The molecule has 1 N–H and O–H groups in total. The van der Waals surface area contributed by atoms with Gasteiger partial charge in [0.25, 0.3) is 0 Å². The fourth-order valence-corrected chi connectivity index (χ4v) is 2.89. The maximum atomic E-state index is 9.97. The third-order valence-electron chi connectivity index (χ3n) is 3.07. The molecule has 3 rings (SSSR count). The van der Waals surface area contributed by atoms with Crippen LogP contribution in [0.1, 0.15) is 18.9 Å². The Labute approximate surface area is 116 Å². The van der Waals surface area contributed by atoms with E-state index in [1.54, 1.807) is 13.8 Å². The van der Waals surface area contributed by atoms with Crippen molar-refractivity contribution in [2.75, 3.05) is 0 Å². The average Bonchev–Trinajstić information content (AvgIpc) is 2.87. The fraction of sp³-hybridized carbons (Fsp3) is 0.188. The van der Waals surface area contributed by atoms with Crippen molar-refractivity contribution in [3.8, 4) is 11.3 Å². The summed E-state index contributed by atoms with van der Waals surface area (Å²) in [7, 11) is 0. The average molecular weight is 269 g/mol. The van der Waals surface area contributed by atoms with Crippen LogP contribution in [-0.4, -0.2) is 10.1 Å². The molecule has 0 aliphatic carbocycles. The summed E-state index contributed by atoms with van der Waals surface area (Å²) in [5.74, 6) is 0. The highest BCUT2D eigenvalue weighted by Gasteiger charge is 2.20. The molecule has 2 nitrogen and oxygen atoms in total. The molecule has 0 amide bonds. The smallest absolute Gasteiger partial charge is 0.124 e. The first-order valence-electron chi connectivity index (χ1n) is 6.21. The zero-order chi connectivity index (χ0) is 13.5. The lowest BCUT2D eigenvalue weighted by molar-refractivity contribution is 0.0783. The van der Waals surface area contributed by atoms with Crippen LogP contribution in [0.4, 0.5) is 0 Å². The van der Waals surface area contributed by atoms with Crippen LogP contribution in [0.3, 0.4) is 0 Å². The van der Waals surface area contributed by atoms with Gasteiger partial charge >= 0.3 is 0 Å². The largest absolute Gasteiger partial charge is 0.383 e. The summed E-state index contributed by atoms with van der Waals surface area (Å²) in [6.07, 6.45) is 0. The fourth-order valence-electron chi connectivity index (χ4n) is 2.04. The van der Waals surface area contributed by atoms with Crippen molar-refractivity contribution in [1.82, 2.24) is 4.98 Å². The Bertz CT molecular complexity index is 725. The van der Waals surface area contributed by atoms with E-state index in [1.807, 2.05) is 17.5 Å². The molecule has 96 valence electrons. The second-order valence-corrected chi connectivity index (χ2v) is 6.02. The summed E-state index contributed by atoms with van der Waals surface area (Å²) in [5, 5.41) is 15.1. The first-order chi connectivity index (χ1) is 9.04. The van der Waals surface area contributed by atoms with Gasteiger partial charge in [-0.25, -0.2) is 4.98 Å². The van der Waals surface area contributed by atoms with E-state index >= 15 is 0 Å². The predicted molar refractivity (Wildman–Crippen MR) is 80.3 cm³/mol. The monoisotopic (exact) mass is 269 g/mol. The van der Waals surface area contributed by atoms with Crippen molar-refractivity contribution in [1.29, 1.82) is 0 Å². The van der Waals surface area contributed by atoms with Crippen LogP contribution in [0.5, 0.6) is 0 Å². The van der Waals surface area contributed by atoms with Gasteiger partial charge in [-0.3, -0.25) is 0 Å². The Balaban J connectivity index is 2.07. The normalized spacial score (nSPS) is 11.9. The molecule has 0 spiro atoms. The molecule has 0 radical (unpaired) electrons. The Morgan fingerprint density at radius 3 is 2.47 bits per heavy atom.